The van der Waals surface area contributed by atoms with Crippen LogP contribution in [0.1, 0.15) is 30.1 Å². The van der Waals surface area contributed by atoms with Gasteiger partial charge in [-0.2, -0.15) is 0 Å². The lowest BCUT2D eigenvalue weighted by Crippen LogP contribution is -2.45. The Morgan fingerprint density at radius 3 is 2.07 bits per heavy atom. The summed E-state index contributed by atoms with van der Waals surface area (Å²) < 4.78 is 20.9. The maximum Gasteiger partial charge on any atom is 0.309 e. The fourth-order valence-corrected chi connectivity index (χ4v) is 3.42. The van der Waals surface area contributed by atoms with Gasteiger partial charge in [-0.15, -0.1) is 0 Å². The lowest BCUT2D eigenvalue weighted by Gasteiger charge is -2.32. The standard InChI is InChI=1S/C21H30N2O7/c1-6-30-21(26)14-7-9-23(10-8-14)18(24)13-22(2)20(25)15-11-16(27-3)19(29-5)17(12-15)28-4/h11-12,14H,6-10,13H2,1-5H3. The molecular weight excluding hydrogens is 392 g/mol. The number of likely N-dealkylation sites (tertiary alicyclic amines) is 1. The second-order valence-corrected chi connectivity index (χ2v) is 6.98. The van der Waals surface area contributed by atoms with Crippen LogP contribution < -0.4 is 14.2 Å². The first-order valence-corrected chi connectivity index (χ1v) is 9.86. The molecule has 0 spiro atoms. The Balaban J connectivity index is 2.01. The van der Waals surface area contributed by atoms with Crippen LogP contribution in [-0.2, 0) is 14.3 Å². The molecule has 1 aliphatic rings. The molecule has 1 heterocycles. The zero-order valence-corrected chi connectivity index (χ0v) is 18.2. The maximum absolute atomic E-state index is 12.9. The Hall–Kier alpha value is -2.97. The number of carbonyl (C=O) groups excluding carboxylic acids is 3. The van der Waals surface area contributed by atoms with Crippen LogP contribution in [0, 0.1) is 5.92 Å². The first kappa shape index (κ1) is 23.3. The summed E-state index contributed by atoms with van der Waals surface area (Å²) in [5.41, 5.74) is 0.320. The number of ether oxygens (including phenoxy) is 4. The topological polar surface area (TPSA) is 94.6 Å². The fourth-order valence-electron chi connectivity index (χ4n) is 3.42. The summed E-state index contributed by atoms with van der Waals surface area (Å²) in [6.07, 6.45) is 1.13. The van der Waals surface area contributed by atoms with Crippen molar-refractivity contribution in [2.75, 3.05) is 54.6 Å². The highest BCUT2D eigenvalue weighted by Gasteiger charge is 2.29. The number of nitrogens with zero attached hydrogens (tertiary/aromatic N) is 2. The summed E-state index contributed by atoms with van der Waals surface area (Å²) in [7, 11) is 5.99. The Labute approximate surface area is 176 Å². The van der Waals surface area contributed by atoms with Crippen LogP contribution in [0.5, 0.6) is 17.2 Å². The SMILES string of the molecule is CCOC(=O)C1CCN(C(=O)CN(C)C(=O)c2cc(OC)c(OC)c(OC)c2)CC1. The Kier molecular flexibility index (Phi) is 8.32. The molecule has 0 aliphatic carbocycles. The van der Waals surface area contributed by atoms with E-state index in [4.69, 9.17) is 18.9 Å². The Bertz CT molecular complexity index is 748. The van der Waals surface area contributed by atoms with Gasteiger partial charge in [-0.05, 0) is 31.9 Å². The normalized spacial score (nSPS) is 14.1. The third-order valence-corrected chi connectivity index (χ3v) is 5.10. The van der Waals surface area contributed by atoms with Crippen molar-refractivity contribution >= 4 is 17.8 Å². The van der Waals surface area contributed by atoms with Crippen molar-refractivity contribution in [3.63, 3.8) is 0 Å². The van der Waals surface area contributed by atoms with Crippen molar-refractivity contribution in [3.8, 4) is 17.2 Å². The minimum Gasteiger partial charge on any atom is -0.493 e. The summed E-state index contributed by atoms with van der Waals surface area (Å²) in [6, 6.07) is 3.10. The van der Waals surface area contributed by atoms with Crippen LogP contribution in [0.25, 0.3) is 0 Å². The number of rotatable bonds is 8. The maximum atomic E-state index is 12.9. The highest BCUT2D eigenvalue weighted by Crippen LogP contribution is 2.38. The predicted molar refractivity (Wildman–Crippen MR) is 109 cm³/mol. The van der Waals surface area contributed by atoms with Gasteiger partial charge < -0.3 is 28.7 Å². The molecule has 30 heavy (non-hydrogen) atoms. The molecule has 1 aliphatic heterocycles. The van der Waals surface area contributed by atoms with E-state index >= 15 is 0 Å². The van der Waals surface area contributed by atoms with E-state index < -0.39 is 0 Å². The Morgan fingerprint density at radius 1 is 1.03 bits per heavy atom. The van der Waals surface area contributed by atoms with Crippen LogP contribution in [0.4, 0.5) is 0 Å². The van der Waals surface area contributed by atoms with Crippen molar-refractivity contribution in [2.24, 2.45) is 5.92 Å². The monoisotopic (exact) mass is 422 g/mol. The zero-order chi connectivity index (χ0) is 22.3. The van der Waals surface area contributed by atoms with Gasteiger partial charge in [0.05, 0.1) is 40.4 Å². The van der Waals surface area contributed by atoms with E-state index in [9.17, 15) is 14.4 Å². The van der Waals surface area contributed by atoms with Crippen molar-refractivity contribution in [3.05, 3.63) is 17.7 Å². The number of piperidine rings is 1. The van der Waals surface area contributed by atoms with Gasteiger partial charge in [0.1, 0.15) is 0 Å². The predicted octanol–water partition coefficient (Wildman–Crippen LogP) is 1.59. The van der Waals surface area contributed by atoms with E-state index in [0.717, 1.165) is 0 Å². The second kappa shape index (κ2) is 10.7. The molecule has 2 amide bonds. The second-order valence-electron chi connectivity index (χ2n) is 6.98. The molecule has 9 nitrogen and oxygen atoms in total. The molecule has 1 aromatic carbocycles. The van der Waals surface area contributed by atoms with Crippen molar-refractivity contribution < 1.29 is 33.3 Å². The quantitative estimate of drug-likeness (QED) is 0.587. The zero-order valence-electron chi connectivity index (χ0n) is 18.2. The molecule has 0 unspecified atom stereocenters. The van der Waals surface area contributed by atoms with Crippen molar-refractivity contribution in [2.45, 2.75) is 19.8 Å². The largest absolute Gasteiger partial charge is 0.493 e. The first-order valence-electron chi connectivity index (χ1n) is 9.86. The minimum absolute atomic E-state index is 0.0699. The van der Waals surface area contributed by atoms with Gasteiger partial charge >= 0.3 is 5.97 Å². The molecule has 0 radical (unpaired) electrons. The minimum atomic E-state index is -0.344. The van der Waals surface area contributed by atoms with Crippen LogP contribution in [0.2, 0.25) is 0 Å². The lowest BCUT2D eigenvalue weighted by atomic mass is 9.97. The summed E-state index contributed by atoms with van der Waals surface area (Å²) in [4.78, 5) is 40.4. The van der Waals surface area contributed by atoms with Crippen LogP contribution >= 0.6 is 0 Å². The number of likely N-dealkylation sites (N-methyl/N-ethyl adjacent to an activating group) is 1. The van der Waals surface area contributed by atoms with Crippen molar-refractivity contribution in [1.82, 2.24) is 9.80 Å². The van der Waals surface area contributed by atoms with E-state index in [1.165, 1.54) is 26.2 Å². The molecule has 0 N–H and O–H groups in total. The highest BCUT2D eigenvalue weighted by atomic mass is 16.5. The van der Waals surface area contributed by atoms with Crippen LogP contribution in [-0.4, -0.2) is 82.2 Å². The van der Waals surface area contributed by atoms with Gasteiger partial charge in [-0.1, -0.05) is 0 Å². The average molecular weight is 422 g/mol. The average Bonchev–Trinajstić information content (AvgIpc) is 2.77. The molecule has 1 fully saturated rings. The molecular formula is C21H30N2O7. The molecule has 0 saturated carbocycles. The molecule has 1 aromatic rings. The van der Waals surface area contributed by atoms with Crippen LogP contribution in [0.15, 0.2) is 12.1 Å². The first-order chi connectivity index (χ1) is 14.4. The van der Waals surface area contributed by atoms with E-state index in [1.807, 2.05) is 0 Å². The van der Waals surface area contributed by atoms with Gasteiger partial charge in [0, 0.05) is 25.7 Å². The lowest BCUT2D eigenvalue weighted by molar-refractivity contribution is -0.151. The molecule has 1 saturated heterocycles. The molecule has 0 aromatic heterocycles. The summed E-state index contributed by atoms with van der Waals surface area (Å²) in [5, 5.41) is 0. The molecule has 0 atom stereocenters. The Morgan fingerprint density at radius 2 is 1.60 bits per heavy atom. The van der Waals surface area contributed by atoms with Gasteiger partial charge in [0.25, 0.3) is 5.91 Å². The number of hydrogen-bond donors (Lipinski definition) is 0. The number of methoxy groups -OCH3 is 3. The van der Waals surface area contributed by atoms with E-state index in [2.05, 4.69) is 0 Å². The number of amides is 2. The molecule has 166 valence electrons. The number of esters is 1. The third kappa shape index (κ3) is 5.34. The van der Waals surface area contributed by atoms with Gasteiger partial charge in [0.15, 0.2) is 11.5 Å². The van der Waals surface area contributed by atoms with Crippen LogP contribution in [0.3, 0.4) is 0 Å². The van der Waals surface area contributed by atoms with Gasteiger partial charge in [-0.3, -0.25) is 14.4 Å². The third-order valence-electron chi connectivity index (χ3n) is 5.10. The van der Waals surface area contributed by atoms with Crippen molar-refractivity contribution in [1.29, 1.82) is 0 Å². The molecule has 0 bridgehead atoms. The molecule has 9 heteroatoms. The highest BCUT2D eigenvalue weighted by molar-refractivity contribution is 5.97. The number of hydrogen-bond acceptors (Lipinski definition) is 7. The number of carbonyl (C=O) groups is 3. The summed E-state index contributed by atoms with van der Waals surface area (Å²) >= 11 is 0. The van der Waals surface area contributed by atoms with E-state index in [0.29, 0.717) is 55.4 Å². The summed E-state index contributed by atoms with van der Waals surface area (Å²) in [5.74, 6) is 0.221. The smallest absolute Gasteiger partial charge is 0.309 e. The van der Waals surface area contributed by atoms with Gasteiger partial charge in [-0.25, -0.2) is 0 Å². The number of benzene rings is 1. The van der Waals surface area contributed by atoms with E-state index in [1.54, 1.807) is 31.0 Å². The van der Waals surface area contributed by atoms with Gasteiger partial charge in [0.2, 0.25) is 11.7 Å². The summed E-state index contributed by atoms with van der Waals surface area (Å²) in [6.45, 7) is 2.99. The molecule has 2 rings (SSSR count). The van der Waals surface area contributed by atoms with E-state index in [-0.39, 0.29) is 30.2 Å². The fraction of sp³-hybridized carbons (Fsp3) is 0.571.